The van der Waals surface area contributed by atoms with E-state index in [0.717, 1.165) is 5.56 Å². The first-order valence-electron chi connectivity index (χ1n) is 6.97. The van der Waals surface area contributed by atoms with Crippen molar-refractivity contribution in [3.63, 3.8) is 0 Å². The Morgan fingerprint density at radius 1 is 1.22 bits per heavy atom. The Hall–Kier alpha value is -2.96. The Labute approximate surface area is 133 Å². The van der Waals surface area contributed by atoms with Crippen molar-refractivity contribution >= 4 is 12.1 Å². The van der Waals surface area contributed by atoms with E-state index in [1.807, 2.05) is 30.3 Å². The second kappa shape index (κ2) is 7.88. The maximum Gasteiger partial charge on any atom is 0.407 e. The normalized spacial score (nSPS) is 11.4. The lowest BCUT2D eigenvalue weighted by Gasteiger charge is -2.13. The van der Waals surface area contributed by atoms with E-state index >= 15 is 0 Å². The van der Waals surface area contributed by atoms with Crippen LogP contribution < -0.4 is 5.32 Å². The van der Waals surface area contributed by atoms with Crippen molar-refractivity contribution < 1.29 is 19.1 Å². The molecule has 2 aromatic rings. The topological polar surface area (TPSA) is 90.4 Å². The van der Waals surface area contributed by atoms with Crippen molar-refractivity contribution in [1.29, 1.82) is 0 Å². The van der Waals surface area contributed by atoms with Crippen LogP contribution in [-0.2, 0) is 16.1 Å². The Kier molecular flexibility index (Phi) is 5.62. The molecule has 0 radical (unpaired) electrons. The number of methoxy groups -OCH3 is 1. The van der Waals surface area contributed by atoms with Crippen LogP contribution in [0.25, 0.3) is 0 Å². The predicted molar refractivity (Wildman–Crippen MR) is 81.5 cm³/mol. The third kappa shape index (κ3) is 4.77. The molecule has 0 saturated carbocycles. The van der Waals surface area contributed by atoms with Crippen LogP contribution in [0, 0.1) is 0 Å². The molecule has 7 nitrogen and oxygen atoms in total. The molecule has 1 atom stereocenters. The number of carbonyl (C=O) groups excluding carboxylic acids is 2. The number of carbonyl (C=O) groups is 2. The molecular weight excluding hydrogens is 298 g/mol. The van der Waals surface area contributed by atoms with Gasteiger partial charge in [0, 0.05) is 0 Å². The number of amides is 1. The van der Waals surface area contributed by atoms with Gasteiger partial charge in [-0.1, -0.05) is 30.3 Å². The highest BCUT2D eigenvalue weighted by Gasteiger charge is 2.15. The van der Waals surface area contributed by atoms with Crippen LogP contribution in [0.2, 0.25) is 0 Å². The van der Waals surface area contributed by atoms with E-state index in [-0.39, 0.29) is 12.3 Å². The zero-order chi connectivity index (χ0) is 16.7. The van der Waals surface area contributed by atoms with Crippen molar-refractivity contribution in [3.8, 4) is 0 Å². The molecule has 1 aromatic heterocycles. The van der Waals surface area contributed by atoms with Crippen molar-refractivity contribution in [3.05, 3.63) is 59.7 Å². The lowest BCUT2D eigenvalue weighted by atomic mass is 10.2. The molecule has 0 aliphatic carbocycles. The van der Waals surface area contributed by atoms with Gasteiger partial charge in [-0.25, -0.2) is 14.6 Å². The number of nitrogens with one attached hydrogen (secondary N) is 1. The summed E-state index contributed by atoms with van der Waals surface area (Å²) < 4.78 is 9.72. The second-order valence-electron chi connectivity index (χ2n) is 4.75. The van der Waals surface area contributed by atoms with Crippen LogP contribution in [0.4, 0.5) is 4.79 Å². The highest BCUT2D eigenvalue weighted by Crippen LogP contribution is 2.10. The summed E-state index contributed by atoms with van der Waals surface area (Å²) in [5, 5.41) is 2.63. The van der Waals surface area contributed by atoms with Crippen LogP contribution in [0.5, 0.6) is 0 Å². The highest BCUT2D eigenvalue weighted by molar-refractivity contribution is 5.86. The third-order valence-corrected chi connectivity index (χ3v) is 3.04. The standard InChI is InChI=1S/C16H17N3O4/c1-11(13-8-17-9-14(19-13)15(20)22-2)18-16(21)23-10-12-6-4-3-5-7-12/h3-9,11H,10H2,1-2H3,(H,18,21)/t11-/m0/s1. The average Bonchev–Trinajstić information content (AvgIpc) is 2.60. The van der Waals surface area contributed by atoms with Crippen LogP contribution in [0.3, 0.4) is 0 Å². The van der Waals surface area contributed by atoms with Gasteiger partial charge in [-0.15, -0.1) is 0 Å². The molecule has 7 heteroatoms. The van der Waals surface area contributed by atoms with Crippen molar-refractivity contribution in [2.24, 2.45) is 0 Å². The van der Waals surface area contributed by atoms with E-state index in [1.54, 1.807) is 6.92 Å². The molecule has 1 aromatic carbocycles. The van der Waals surface area contributed by atoms with Gasteiger partial charge in [0.15, 0.2) is 5.69 Å². The number of hydrogen-bond acceptors (Lipinski definition) is 6. The van der Waals surface area contributed by atoms with Gasteiger partial charge < -0.3 is 14.8 Å². The fourth-order valence-corrected chi connectivity index (χ4v) is 1.81. The molecule has 1 heterocycles. The Morgan fingerprint density at radius 2 is 1.96 bits per heavy atom. The predicted octanol–water partition coefficient (Wildman–Crippen LogP) is 2.25. The summed E-state index contributed by atoms with van der Waals surface area (Å²) in [7, 11) is 1.26. The summed E-state index contributed by atoms with van der Waals surface area (Å²) in [5.41, 5.74) is 1.41. The van der Waals surface area contributed by atoms with Gasteiger partial charge in [0.1, 0.15) is 6.61 Å². The quantitative estimate of drug-likeness (QED) is 0.851. The number of benzene rings is 1. The molecule has 0 spiro atoms. The highest BCUT2D eigenvalue weighted by atomic mass is 16.5. The van der Waals surface area contributed by atoms with E-state index in [2.05, 4.69) is 20.0 Å². The van der Waals surface area contributed by atoms with E-state index in [1.165, 1.54) is 19.5 Å². The molecule has 0 aliphatic heterocycles. The maximum absolute atomic E-state index is 11.8. The summed E-state index contributed by atoms with van der Waals surface area (Å²) >= 11 is 0. The first-order chi connectivity index (χ1) is 11.1. The summed E-state index contributed by atoms with van der Waals surface area (Å²) in [6.07, 6.45) is 2.19. The maximum atomic E-state index is 11.8. The van der Waals surface area contributed by atoms with Gasteiger partial charge in [-0.3, -0.25) is 4.98 Å². The van der Waals surface area contributed by atoms with Crippen LogP contribution in [-0.4, -0.2) is 29.1 Å². The Morgan fingerprint density at radius 3 is 2.65 bits per heavy atom. The number of alkyl carbamates (subject to hydrolysis) is 1. The zero-order valence-electron chi connectivity index (χ0n) is 12.9. The van der Waals surface area contributed by atoms with E-state index < -0.39 is 18.1 Å². The van der Waals surface area contributed by atoms with Gasteiger partial charge >= 0.3 is 12.1 Å². The van der Waals surface area contributed by atoms with E-state index in [0.29, 0.717) is 5.69 Å². The van der Waals surface area contributed by atoms with Gasteiger partial charge in [0.2, 0.25) is 0 Å². The monoisotopic (exact) mass is 315 g/mol. The fraction of sp³-hybridized carbons (Fsp3) is 0.250. The minimum Gasteiger partial charge on any atom is -0.464 e. The van der Waals surface area contributed by atoms with Gasteiger partial charge in [-0.2, -0.15) is 0 Å². The number of rotatable bonds is 5. The van der Waals surface area contributed by atoms with Crippen molar-refractivity contribution in [1.82, 2.24) is 15.3 Å². The van der Waals surface area contributed by atoms with E-state index in [9.17, 15) is 9.59 Å². The Balaban J connectivity index is 1.92. The van der Waals surface area contributed by atoms with E-state index in [4.69, 9.17) is 4.74 Å². The second-order valence-corrected chi connectivity index (χ2v) is 4.75. The number of ether oxygens (including phenoxy) is 2. The van der Waals surface area contributed by atoms with Crippen molar-refractivity contribution in [2.75, 3.05) is 7.11 Å². The minimum atomic E-state index is -0.585. The number of nitrogens with zero attached hydrogens (tertiary/aromatic N) is 2. The van der Waals surface area contributed by atoms with Gasteiger partial charge in [0.25, 0.3) is 0 Å². The molecule has 0 aliphatic rings. The molecule has 0 saturated heterocycles. The molecule has 0 bridgehead atoms. The molecule has 0 unspecified atom stereocenters. The van der Waals surface area contributed by atoms with Gasteiger partial charge in [0.05, 0.1) is 31.2 Å². The lowest BCUT2D eigenvalue weighted by molar-refractivity contribution is 0.0593. The largest absolute Gasteiger partial charge is 0.464 e. The first kappa shape index (κ1) is 16.4. The number of aromatic nitrogens is 2. The molecule has 0 fully saturated rings. The van der Waals surface area contributed by atoms with Crippen LogP contribution in [0.1, 0.15) is 34.7 Å². The zero-order valence-corrected chi connectivity index (χ0v) is 12.9. The molecule has 120 valence electrons. The summed E-state index contributed by atoms with van der Waals surface area (Å²) in [6, 6.07) is 8.89. The van der Waals surface area contributed by atoms with Crippen LogP contribution in [0.15, 0.2) is 42.7 Å². The van der Waals surface area contributed by atoms with Gasteiger partial charge in [-0.05, 0) is 12.5 Å². The number of hydrogen-bond donors (Lipinski definition) is 1. The fourth-order valence-electron chi connectivity index (χ4n) is 1.81. The lowest BCUT2D eigenvalue weighted by Crippen LogP contribution is -2.28. The molecule has 1 N–H and O–H groups in total. The Bertz CT molecular complexity index is 676. The SMILES string of the molecule is COC(=O)c1cncc([C@H](C)NC(=O)OCc2ccccc2)n1. The summed E-state index contributed by atoms with van der Waals surface area (Å²) in [4.78, 5) is 31.3. The smallest absolute Gasteiger partial charge is 0.407 e. The van der Waals surface area contributed by atoms with Crippen molar-refractivity contribution in [2.45, 2.75) is 19.6 Å². The molecule has 23 heavy (non-hydrogen) atoms. The first-order valence-corrected chi connectivity index (χ1v) is 6.97. The van der Waals surface area contributed by atoms with Crippen LogP contribution >= 0.6 is 0 Å². The molecule has 1 amide bonds. The molecule has 2 rings (SSSR count). The summed E-state index contributed by atoms with van der Waals surface area (Å²) in [6.45, 7) is 1.89. The molecular formula is C16H17N3O4. The minimum absolute atomic E-state index is 0.0799. The third-order valence-electron chi connectivity index (χ3n) is 3.04. The summed E-state index contributed by atoms with van der Waals surface area (Å²) in [5.74, 6) is -0.585. The number of esters is 1. The average molecular weight is 315 g/mol.